The Kier molecular flexibility index (Phi) is 6.18. The Morgan fingerprint density at radius 1 is 1.27 bits per heavy atom. The first-order valence-corrected chi connectivity index (χ1v) is 7.19. The number of hydrogen-bond acceptors (Lipinski definition) is 2. The summed E-state index contributed by atoms with van der Waals surface area (Å²) >= 11 is 5.43. The van der Waals surface area contributed by atoms with E-state index >= 15 is 0 Å². The molecule has 0 bridgehead atoms. The van der Waals surface area contributed by atoms with Crippen molar-refractivity contribution in [3.63, 3.8) is 0 Å². The van der Waals surface area contributed by atoms with Crippen LogP contribution in [0.15, 0.2) is 27.6 Å². The second-order valence-corrected chi connectivity index (χ2v) is 5.59. The Labute approximate surface area is 105 Å². The quantitative estimate of drug-likeness (QED) is 0.466. The van der Waals surface area contributed by atoms with E-state index in [-0.39, 0.29) is 0 Å². The van der Waals surface area contributed by atoms with Crippen LogP contribution in [0.2, 0.25) is 0 Å². The first-order valence-electron chi connectivity index (χ1n) is 5.42. The second-order valence-electron chi connectivity index (χ2n) is 3.60. The maximum atomic E-state index is 5.68. The third-order valence-electron chi connectivity index (χ3n) is 2.21. The molecule has 3 heteroatoms. The molecule has 0 radical (unpaired) electrons. The van der Waals surface area contributed by atoms with Crippen molar-refractivity contribution in [2.24, 2.45) is 0 Å². The van der Waals surface area contributed by atoms with E-state index in [9.17, 15) is 0 Å². The number of benzene rings is 1. The van der Waals surface area contributed by atoms with Crippen molar-refractivity contribution in [3.05, 3.63) is 22.7 Å². The zero-order valence-electron chi connectivity index (χ0n) is 9.13. The number of nitrogens with two attached hydrogens (primary N) is 1. The van der Waals surface area contributed by atoms with Crippen LogP contribution in [0.4, 0.5) is 5.69 Å². The summed E-state index contributed by atoms with van der Waals surface area (Å²) in [5.74, 6) is 1.20. The van der Waals surface area contributed by atoms with E-state index in [1.807, 2.05) is 23.9 Å². The van der Waals surface area contributed by atoms with Gasteiger partial charge in [0.15, 0.2) is 0 Å². The molecule has 0 unspecified atom stereocenters. The van der Waals surface area contributed by atoms with Gasteiger partial charge in [-0.15, -0.1) is 11.8 Å². The van der Waals surface area contributed by atoms with Gasteiger partial charge in [-0.25, -0.2) is 0 Å². The number of thioether (sulfide) groups is 1. The van der Waals surface area contributed by atoms with Gasteiger partial charge in [0.2, 0.25) is 0 Å². The molecular weight excluding hydrogens is 270 g/mol. The van der Waals surface area contributed by atoms with Crippen molar-refractivity contribution in [2.45, 2.75) is 37.5 Å². The van der Waals surface area contributed by atoms with Crippen LogP contribution in [0.3, 0.4) is 0 Å². The summed E-state index contributed by atoms with van der Waals surface area (Å²) in [6.07, 6.45) is 5.30. The molecule has 0 heterocycles. The van der Waals surface area contributed by atoms with E-state index < -0.39 is 0 Å². The van der Waals surface area contributed by atoms with Gasteiger partial charge in [-0.05, 0) is 46.3 Å². The van der Waals surface area contributed by atoms with Crippen molar-refractivity contribution in [2.75, 3.05) is 11.5 Å². The molecule has 0 atom stereocenters. The lowest BCUT2D eigenvalue weighted by Crippen LogP contribution is -1.86. The summed E-state index contributed by atoms with van der Waals surface area (Å²) in [5.41, 5.74) is 6.50. The van der Waals surface area contributed by atoms with Crippen LogP contribution < -0.4 is 5.73 Å². The fraction of sp³-hybridized carbons (Fsp3) is 0.500. The SMILES string of the molecule is CCCCCCSc1ccc(N)cc1Br. The van der Waals surface area contributed by atoms with Crippen LogP contribution in [0.1, 0.15) is 32.6 Å². The molecule has 0 fully saturated rings. The predicted molar refractivity (Wildman–Crippen MR) is 73.4 cm³/mol. The van der Waals surface area contributed by atoms with Gasteiger partial charge >= 0.3 is 0 Å². The Morgan fingerprint density at radius 3 is 2.73 bits per heavy atom. The van der Waals surface area contributed by atoms with Crippen LogP contribution in [0, 0.1) is 0 Å². The Bertz CT molecular complexity index is 302. The molecule has 0 aliphatic heterocycles. The third-order valence-corrected chi connectivity index (χ3v) is 4.29. The molecular formula is C12H18BrNS. The first-order chi connectivity index (χ1) is 7.24. The minimum absolute atomic E-state index is 0.817. The molecule has 15 heavy (non-hydrogen) atoms. The van der Waals surface area contributed by atoms with Gasteiger partial charge in [0.25, 0.3) is 0 Å². The van der Waals surface area contributed by atoms with Crippen LogP contribution >= 0.6 is 27.7 Å². The van der Waals surface area contributed by atoms with Gasteiger partial charge in [-0.1, -0.05) is 26.2 Å². The minimum atomic E-state index is 0.817. The lowest BCUT2D eigenvalue weighted by Gasteiger charge is -2.04. The molecule has 2 N–H and O–H groups in total. The van der Waals surface area contributed by atoms with Crippen LogP contribution in [0.5, 0.6) is 0 Å². The van der Waals surface area contributed by atoms with Gasteiger partial charge in [0.05, 0.1) is 0 Å². The van der Waals surface area contributed by atoms with Crippen molar-refractivity contribution >= 4 is 33.4 Å². The zero-order valence-corrected chi connectivity index (χ0v) is 11.5. The number of hydrogen-bond donors (Lipinski definition) is 1. The minimum Gasteiger partial charge on any atom is -0.399 e. The molecule has 1 nitrogen and oxygen atoms in total. The fourth-order valence-corrected chi connectivity index (χ4v) is 3.01. The van der Waals surface area contributed by atoms with E-state index in [1.165, 1.54) is 36.3 Å². The summed E-state index contributed by atoms with van der Waals surface area (Å²) in [6.45, 7) is 2.24. The number of anilines is 1. The largest absolute Gasteiger partial charge is 0.399 e. The van der Waals surface area contributed by atoms with E-state index in [1.54, 1.807) is 0 Å². The van der Waals surface area contributed by atoms with E-state index in [0.29, 0.717) is 0 Å². The highest BCUT2D eigenvalue weighted by Gasteiger charge is 2.00. The van der Waals surface area contributed by atoms with Crippen molar-refractivity contribution in [3.8, 4) is 0 Å². The number of unbranched alkanes of at least 4 members (excludes halogenated alkanes) is 3. The predicted octanol–water partition coefficient (Wildman–Crippen LogP) is 4.70. The average Bonchev–Trinajstić information content (AvgIpc) is 2.20. The van der Waals surface area contributed by atoms with Gasteiger partial charge in [-0.3, -0.25) is 0 Å². The molecule has 84 valence electrons. The smallest absolute Gasteiger partial charge is 0.0331 e. The lowest BCUT2D eigenvalue weighted by atomic mass is 10.2. The summed E-state index contributed by atoms with van der Waals surface area (Å²) in [6, 6.07) is 6.01. The number of nitrogen functional groups attached to an aromatic ring is 1. The average molecular weight is 288 g/mol. The number of rotatable bonds is 6. The maximum Gasteiger partial charge on any atom is 0.0331 e. The Hall–Kier alpha value is -0.150. The van der Waals surface area contributed by atoms with E-state index in [2.05, 4.69) is 28.9 Å². The highest BCUT2D eigenvalue weighted by Crippen LogP contribution is 2.29. The van der Waals surface area contributed by atoms with Crippen molar-refractivity contribution in [1.82, 2.24) is 0 Å². The summed E-state index contributed by atoms with van der Waals surface area (Å²) < 4.78 is 1.11. The molecule has 0 aliphatic carbocycles. The number of halogens is 1. The van der Waals surface area contributed by atoms with Gasteiger partial charge < -0.3 is 5.73 Å². The van der Waals surface area contributed by atoms with Crippen LogP contribution in [0.25, 0.3) is 0 Å². The maximum absolute atomic E-state index is 5.68. The fourth-order valence-electron chi connectivity index (χ4n) is 1.35. The standard InChI is InChI=1S/C12H18BrNS/c1-2-3-4-5-8-15-12-7-6-10(14)9-11(12)13/h6-7,9H,2-5,8,14H2,1H3. The summed E-state index contributed by atoms with van der Waals surface area (Å²) in [4.78, 5) is 1.29. The van der Waals surface area contributed by atoms with E-state index in [0.717, 1.165) is 10.2 Å². The summed E-state index contributed by atoms with van der Waals surface area (Å²) in [5, 5.41) is 0. The van der Waals surface area contributed by atoms with Gasteiger partial charge in [-0.2, -0.15) is 0 Å². The normalized spacial score (nSPS) is 10.5. The zero-order chi connectivity index (χ0) is 11.1. The first kappa shape index (κ1) is 12.9. The second kappa shape index (κ2) is 7.18. The summed E-state index contributed by atoms with van der Waals surface area (Å²) in [7, 11) is 0. The topological polar surface area (TPSA) is 26.0 Å². The molecule has 1 aromatic carbocycles. The molecule has 0 aliphatic rings. The van der Waals surface area contributed by atoms with Crippen molar-refractivity contribution in [1.29, 1.82) is 0 Å². The molecule has 0 aromatic heterocycles. The van der Waals surface area contributed by atoms with E-state index in [4.69, 9.17) is 5.73 Å². The highest BCUT2D eigenvalue weighted by molar-refractivity contribution is 9.10. The Morgan fingerprint density at radius 2 is 2.07 bits per heavy atom. The molecule has 0 amide bonds. The van der Waals surface area contributed by atoms with Crippen LogP contribution in [-0.4, -0.2) is 5.75 Å². The molecule has 1 aromatic rings. The van der Waals surface area contributed by atoms with Gasteiger partial charge in [0, 0.05) is 15.1 Å². The monoisotopic (exact) mass is 287 g/mol. The Balaban J connectivity index is 2.31. The van der Waals surface area contributed by atoms with Crippen LogP contribution in [-0.2, 0) is 0 Å². The van der Waals surface area contributed by atoms with Gasteiger partial charge in [0.1, 0.15) is 0 Å². The molecule has 0 saturated heterocycles. The molecule has 0 spiro atoms. The molecule has 1 rings (SSSR count). The third kappa shape index (κ3) is 4.94. The van der Waals surface area contributed by atoms with Crippen molar-refractivity contribution < 1.29 is 0 Å². The highest BCUT2D eigenvalue weighted by atomic mass is 79.9. The molecule has 0 saturated carbocycles. The lowest BCUT2D eigenvalue weighted by molar-refractivity contribution is 0.706.